The van der Waals surface area contributed by atoms with Crippen LogP contribution in [0.4, 0.5) is 4.39 Å². The zero-order chi connectivity index (χ0) is 17.5. The summed E-state index contributed by atoms with van der Waals surface area (Å²) in [5, 5.41) is 10.5. The smallest absolute Gasteiger partial charge is 0.338 e. The lowest BCUT2D eigenvalue weighted by molar-refractivity contribution is -0.136. The second kappa shape index (κ2) is 5.66. The monoisotopic (exact) mass is 342 g/mol. The molecular weight excluding hydrogens is 331 g/mol. The molecule has 2 aromatic carbocycles. The molecule has 0 saturated carbocycles. The molecule has 0 unspecified atom stereocenters. The van der Waals surface area contributed by atoms with Crippen molar-refractivity contribution in [1.82, 2.24) is 0 Å². The quantitative estimate of drug-likeness (QED) is 0.851. The van der Waals surface area contributed by atoms with E-state index in [1.807, 2.05) is 0 Å². The van der Waals surface area contributed by atoms with Gasteiger partial charge in [0.25, 0.3) is 0 Å². The molecule has 0 heterocycles. The van der Waals surface area contributed by atoms with Crippen LogP contribution in [0.25, 0.3) is 5.70 Å². The Morgan fingerprint density at radius 3 is 2.54 bits per heavy atom. The molecule has 24 heavy (non-hydrogen) atoms. The lowest BCUT2D eigenvalue weighted by Crippen LogP contribution is -2.31. The summed E-state index contributed by atoms with van der Waals surface area (Å²) >= 11 is 5.92. The molecule has 0 spiro atoms. The van der Waals surface area contributed by atoms with Gasteiger partial charge in [-0.3, -0.25) is 0 Å². The van der Waals surface area contributed by atoms with E-state index in [4.69, 9.17) is 22.1 Å². The van der Waals surface area contributed by atoms with Gasteiger partial charge in [-0.05, 0) is 29.3 Å². The molecule has 0 aliphatic heterocycles. The molecule has 0 bridgehead atoms. The maximum Gasteiger partial charge on any atom is 0.338 e. The highest BCUT2D eigenvalue weighted by Gasteiger charge is 2.51. The van der Waals surface area contributed by atoms with Gasteiger partial charge in [0.2, 0.25) is 0 Å². The minimum Gasteiger partial charge on any atom is -0.466 e. The van der Waals surface area contributed by atoms with Crippen molar-refractivity contribution < 1.29 is 13.9 Å². The summed E-state index contributed by atoms with van der Waals surface area (Å²) in [6.45, 7) is 0. The van der Waals surface area contributed by atoms with E-state index in [-0.39, 0.29) is 16.8 Å². The fraction of sp³-hybridized carbons (Fsp3) is 0.111. The lowest BCUT2D eigenvalue weighted by Gasteiger charge is -2.25. The van der Waals surface area contributed by atoms with E-state index in [9.17, 15) is 14.4 Å². The number of halogens is 2. The van der Waals surface area contributed by atoms with E-state index in [1.54, 1.807) is 30.3 Å². The third-order valence-electron chi connectivity index (χ3n) is 4.17. The van der Waals surface area contributed by atoms with Crippen LogP contribution in [-0.4, -0.2) is 13.1 Å². The molecule has 0 saturated heterocycles. The molecule has 1 aliphatic carbocycles. The third-order valence-corrected chi connectivity index (χ3v) is 4.42. The van der Waals surface area contributed by atoms with Crippen molar-refractivity contribution >= 4 is 23.3 Å². The molecule has 2 N–H and O–H groups in total. The van der Waals surface area contributed by atoms with Crippen LogP contribution in [0.3, 0.4) is 0 Å². The van der Waals surface area contributed by atoms with Crippen LogP contribution in [0.5, 0.6) is 0 Å². The van der Waals surface area contributed by atoms with Gasteiger partial charge in [-0.25, -0.2) is 9.18 Å². The van der Waals surface area contributed by atoms with Crippen molar-refractivity contribution in [3.63, 3.8) is 0 Å². The fourth-order valence-electron chi connectivity index (χ4n) is 3.12. The first-order valence-electron chi connectivity index (χ1n) is 7.02. The number of benzene rings is 2. The summed E-state index contributed by atoms with van der Waals surface area (Å²) < 4.78 is 19.1. The van der Waals surface area contributed by atoms with Gasteiger partial charge in [0.1, 0.15) is 11.2 Å². The number of hydrogen-bond donors (Lipinski definition) is 1. The molecule has 0 fully saturated rings. The third kappa shape index (κ3) is 2.00. The van der Waals surface area contributed by atoms with Crippen molar-refractivity contribution in [1.29, 1.82) is 5.26 Å². The molecule has 1 atom stereocenters. The Kier molecular flexibility index (Phi) is 3.78. The molecule has 2 aromatic rings. The zero-order valence-electron chi connectivity index (χ0n) is 12.6. The maximum absolute atomic E-state index is 14.3. The van der Waals surface area contributed by atoms with Crippen LogP contribution >= 0.6 is 11.6 Å². The Labute approximate surface area is 142 Å². The molecule has 120 valence electrons. The Hall–Kier alpha value is -2.84. The van der Waals surface area contributed by atoms with Gasteiger partial charge in [0.15, 0.2) is 0 Å². The maximum atomic E-state index is 14.3. The number of carbonyl (C=O) groups is 1. The average molecular weight is 343 g/mol. The van der Waals surface area contributed by atoms with Gasteiger partial charge in [-0.15, -0.1) is 0 Å². The predicted octanol–water partition coefficient (Wildman–Crippen LogP) is 3.15. The van der Waals surface area contributed by atoms with Crippen molar-refractivity contribution in [2.75, 3.05) is 7.11 Å². The van der Waals surface area contributed by atoms with E-state index in [2.05, 4.69) is 6.07 Å². The first-order valence-corrected chi connectivity index (χ1v) is 7.40. The number of nitrogens with two attached hydrogens (primary N) is 1. The van der Waals surface area contributed by atoms with Gasteiger partial charge < -0.3 is 10.5 Å². The second-order valence-corrected chi connectivity index (χ2v) is 5.75. The number of esters is 1. The molecule has 0 amide bonds. The SMILES string of the molecule is COC(=O)C1=C(N)c2c(F)cccc2[C@@]1(C#N)c1ccc(Cl)cc1. The van der Waals surface area contributed by atoms with Crippen LogP contribution in [0, 0.1) is 17.1 Å². The molecule has 3 rings (SSSR count). The zero-order valence-corrected chi connectivity index (χ0v) is 13.4. The molecule has 4 nitrogen and oxygen atoms in total. The number of methoxy groups -OCH3 is 1. The second-order valence-electron chi connectivity index (χ2n) is 5.31. The summed E-state index contributed by atoms with van der Waals surface area (Å²) in [5.74, 6) is -1.38. The topological polar surface area (TPSA) is 76.1 Å². The van der Waals surface area contributed by atoms with Crippen LogP contribution in [0.2, 0.25) is 5.02 Å². The normalized spacial score (nSPS) is 18.9. The van der Waals surface area contributed by atoms with Crippen LogP contribution < -0.4 is 5.73 Å². The predicted molar refractivity (Wildman–Crippen MR) is 87.4 cm³/mol. The van der Waals surface area contributed by atoms with Crippen molar-refractivity contribution in [3.8, 4) is 6.07 Å². The highest BCUT2D eigenvalue weighted by molar-refractivity contribution is 6.30. The van der Waals surface area contributed by atoms with Crippen molar-refractivity contribution in [3.05, 3.63) is 75.6 Å². The summed E-state index contributed by atoms with van der Waals surface area (Å²) in [5.41, 5.74) is 5.13. The number of ether oxygens (including phenoxy) is 1. The highest BCUT2D eigenvalue weighted by atomic mass is 35.5. The Morgan fingerprint density at radius 2 is 1.96 bits per heavy atom. The minimum atomic E-state index is -1.56. The number of rotatable bonds is 2. The molecule has 0 aromatic heterocycles. The Balaban J connectivity index is 2.43. The lowest BCUT2D eigenvalue weighted by atomic mass is 9.73. The van der Waals surface area contributed by atoms with E-state index in [0.29, 0.717) is 16.1 Å². The number of nitrogens with zero attached hydrogens (tertiary/aromatic N) is 1. The van der Waals surface area contributed by atoms with Gasteiger partial charge in [0, 0.05) is 10.6 Å². The molecular formula is C18H12ClFN2O2. The van der Waals surface area contributed by atoms with Crippen molar-refractivity contribution in [2.45, 2.75) is 5.41 Å². The van der Waals surface area contributed by atoms with Gasteiger partial charge in [-0.1, -0.05) is 35.9 Å². The fourth-order valence-corrected chi connectivity index (χ4v) is 3.24. The number of nitriles is 1. The first-order chi connectivity index (χ1) is 11.5. The van der Waals surface area contributed by atoms with Crippen LogP contribution in [0.15, 0.2) is 48.0 Å². The first kappa shape index (κ1) is 16.0. The van der Waals surface area contributed by atoms with Crippen molar-refractivity contribution in [2.24, 2.45) is 5.73 Å². The highest BCUT2D eigenvalue weighted by Crippen LogP contribution is 2.49. The standard InChI is InChI=1S/C18H12ClFN2O2/c1-24-17(23)15-16(22)14-12(3-2-4-13(14)20)18(15,9-21)10-5-7-11(19)8-6-10/h2-8H,22H2,1H3/t18-/m1/s1. The van der Waals surface area contributed by atoms with E-state index in [1.165, 1.54) is 19.2 Å². The van der Waals surface area contributed by atoms with E-state index >= 15 is 0 Å². The minimum absolute atomic E-state index is 0.0504. The summed E-state index contributed by atoms with van der Waals surface area (Å²) in [7, 11) is 1.19. The molecule has 0 radical (unpaired) electrons. The molecule has 1 aliphatic rings. The average Bonchev–Trinajstić information content (AvgIpc) is 2.85. The number of fused-ring (bicyclic) bond motifs is 1. The number of carbonyl (C=O) groups excluding carboxylic acids is 1. The van der Waals surface area contributed by atoms with E-state index < -0.39 is 17.2 Å². The summed E-state index contributed by atoms with van der Waals surface area (Å²) in [6.07, 6.45) is 0. The van der Waals surface area contributed by atoms with Crippen LogP contribution in [-0.2, 0) is 14.9 Å². The Bertz CT molecular complexity index is 916. The number of hydrogen-bond acceptors (Lipinski definition) is 4. The van der Waals surface area contributed by atoms with Gasteiger partial charge in [0.05, 0.1) is 24.4 Å². The Morgan fingerprint density at radius 1 is 1.29 bits per heavy atom. The van der Waals surface area contributed by atoms with Gasteiger partial charge >= 0.3 is 5.97 Å². The van der Waals surface area contributed by atoms with E-state index in [0.717, 1.165) is 0 Å². The van der Waals surface area contributed by atoms with Crippen LogP contribution in [0.1, 0.15) is 16.7 Å². The van der Waals surface area contributed by atoms with Gasteiger partial charge in [-0.2, -0.15) is 5.26 Å². The molecule has 6 heteroatoms. The summed E-state index contributed by atoms with van der Waals surface area (Å²) in [6, 6.07) is 12.9. The largest absolute Gasteiger partial charge is 0.466 e. The summed E-state index contributed by atoms with van der Waals surface area (Å²) in [4.78, 5) is 12.4.